The molecule has 1 aliphatic rings. The standard InChI is InChI=1S/C29H28F3NO/c1-3-26-17-24-16-23(18-27(28(24)34-26)22-8-10-25(30)11-9-22)21-6-4-20(5-7-21)19(2)33-14-12-29(31,32)13-15-33/h4-11,16-19H,3,12-15H2,1-2H3. The molecule has 34 heavy (non-hydrogen) atoms. The number of benzene rings is 3. The van der Waals surface area contributed by atoms with E-state index in [0.717, 1.165) is 51.0 Å². The van der Waals surface area contributed by atoms with Gasteiger partial charge in [-0.25, -0.2) is 13.2 Å². The number of hydrogen-bond donors (Lipinski definition) is 0. The fourth-order valence-electron chi connectivity index (χ4n) is 4.79. The fraction of sp³-hybridized carbons (Fsp3) is 0.310. The Labute approximate surface area is 198 Å². The Kier molecular flexibility index (Phi) is 5.98. The van der Waals surface area contributed by atoms with Gasteiger partial charge in [0.05, 0.1) is 0 Å². The molecule has 1 aromatic heterocycles. The van der Waals surface area contributed by atoms with Crippen molar-refractivity contribution in [1.82, 2.24) is 4.90 Å². The summed E-state index contributed by atoms with van der Waals surface area (Å²) in [4.78, 5) is 2.13. The summed E-state index contributed by atoms with van der Waals surface area (Å²) < 4.78 is 46.7. The van der Waals surface area contributed by atoms with Crippen LogP contribution in [0, 0.1) is 5.82 Å². The van der Waals surface area contributed by atoms with E-state index in [1.165, 1.54) is 12.1 Å². The third-order valence-corrected chi connectivity index (χ3v) is 6.97. The molecule has 1 atom stereocenters. The third kappa shape index (κ3) is 4.49. The van der Waals surface area contributed by atoms with Crippen LogP contribution < -0.4 is 0 Å². The van der Waals surface area contributed by atoms with Gasteiger partial charge >= 0.3 is 0 Å². The van der Waals surface area contributed by atoms with Gasteiger partial charge in [0.2, 0.25) is 0 Å². The van der Waals surface area contributed by atoms with Gasteiger partial charge in [-0.3, -0.25) is 4.90 Å². The molecule has 0 bridgehead atoms. The highest BCUT2D eigenvalue weighted by molar-refractivity contribution is 5.97. The molecule has 0 saturated carbocycles. The number of aryl methyl sites for hydroxylation is 1. The first-order valence-corrected chi connectivity index (χ1v) is 11.9. The highest BCUT2D eigenvalue weighted by Gasteiger charge is 2.35. The van der Waals surface area contributed by atoms with Crippen molar-refractivity contribution in [2.24, 2.45) is 0 Å². The van der Waals surface area contributed by atoms with Crippen LogP contribution in [0.15, 0.2) is 71.1 Å². The molecule has 4 aromatic rings. The summed E-state index contributed by atoms with van der Waals surface area (Å²) in [5, 5.41) is 1.01. The van der Waals surface area contributed by atoms with E-state index in [9.17, 15) is 13.2 Å². The zero-order chi connectivity index (χ0) is 23.9. The van der Waals surface area contributed by atoms with Crippen LogP contribution in [0.3, 0.4) is 0 Å². The van der Waals surface area contributed by atoms with Gasteiger partial charge in [0.25, 0.3) is 5.92 Å². The second-order valence-corrected chi connectivity index (χ2v) is 9.21. The first-order valence-electron chi connectivity index (χ1n) is 11.9. The Morgan fingerprint density at radius 3 is 2.18 bits per heavy atom. The summed E-state index contributed by atoms with van der Waals surface area (Å²) in [7, 11) is 0. The summed E-state index contributed by atoms with van der Waals surface area (Å²) >= 11 is 0. The number of halogens is 3. The van der Waals surface area contributed by atoms with Crippen molar-refractivity contribution < 1.29 is 17.6 Å². The van der Waals surface area contributed by atoms with Gasteiger partial charge in [0.15, 0.2) is 0 Å². The number of furan rings is 1. The third-order valence-electron chi connectivity index (χ3n) is 6.97. The first-order chi connectivity index (χ1) is 16.3. The molecule has 1 fully saturated rings. The molecule has 1 unspecified atom stereocenters. The lowest BCUT2D eigenvalue weighted by molar-refractivity contribution is -0.0620. The lowest BCUT2D eigenvalue weighted by Crippen LogP contribution is -2.40. The van der Waals surface area contributed by atoms with Gasteiger partial charge < -0.3 is 4.42 Å². The average molecular weight is 464 g/mol. The van der Waals surface area contributed by atoms with Crippen LogP contribution in [-0.2, 0) is 6.42 Å². The SMILES string of the molecule is CCc1cc2cc(-c3ccc(C(C)N4CCC(F)(F)CC4)cc3)cc(-c3ccc(F)cc3)c2o1. The number of likely N-dealkylation sites (tertiary alicyclic amines) is 1. The summed E-state index contributed by atoms with van der Waals surface area (Å²) in [6, 6.07) is 21.2. The molecule has 0 N–H and O–H groups in total. The van der Waals surface area contributed by atoms with Crippen molar-refractivity contribution in [3.63, 3.8) is 0 Å². The van der Waals surface area contributed by atoms with Gasteiger partial charge in [-0.1, -0.05) is 43.3 Å². The minimum atomic E-state index is -2.54. The van der Waals surface area contributed by atoms with E-state index in [1.54, 1.807) is 12.1 Å². The maximum atomic E-state index is 13.5. The summed E-state index contributed by atoms with van der Waals surface area (Å²) in [6.45, 7) is 4.95. The van der Waals surface area contributed by atoms with Crippen LogP contribution in [0.4, 0.5) is 13.2 Å². The minimum absolute atomic E-state index is 0.0773. The summed E-state index contributed by atoms with van der Waals surface area (Å²) in [5.74, 6) is -1.90. The molecule has 1 saturated heterocycles. The average Bonchev–Trinajstić information content (AvgIpc) is 3.27. The summed E-state index contributed by atoms with van der Waals surface area (Å²) in [6.07, 6.45) is 0.639. The predicted octanol–water partition coefficient (Wildman–Crippen LogP) is 8.26. The van der Waals surface area contributed by atoms with E-state index in [2.05, 4.69) is 61.2 Å². The van der Waals surface area contributed by atoms with Crippen molar-refractivity contribution >= 4 is 11.0 Å². The van der Waals surface area contributed by atoms with E-state index in [0.29, 0.717) is 13.1 Å². The molecule has 5 heteroatoms. The maximum absolute atomic E-state index is 13.5. The number of hydrogen-bond acceptors (Lipinski definition) is 2. The summed E-state index contributed by atoms with van der Waals surface area (Å²) in [5.41, 5.74) is 5.86. The van der Waals surface area contributed by atoms with Crippen LogP contribution in [0.2, 0.25) is 0 Å². The largest absolute Gasteiger partial charge is 0.460 e. The van der Waals surface area contributed by atoms with Gasteiger partial charge in [-0.2, -0.15) is 0 Å². The molecular weight excluding hydrogens is 435 g/mol. The number of rotatable bonds is 5. The molecule has 5 rings (SSSR count). The van der Waals surface area contributed by atoms with Crippen molar-refractivity contribution in [1.29, 1.82) is 0 Å². The molecule has 0 spiro atoms. The van der Waals surface area contributed by atoms with Crippen molar-refractivity contribution in [2.45, 2.75) is 45.1 Å². The molecular formula is C29H28F3NO. The molecule has 0 aliphatic carbocycles. The smallest absolute Gasteiger partial charge is 0.250 e. The molecule has 176 valence electrons. The Balaban J connectivity index is 1.47. The van der Waals surface area contributed by atoms with E-state index >= 15 is 0 Å². The highest BCUT2D eigenvalue weighted by Crippen LogP contribution is 2.37. The predicted molar refractivity (Wildman–Crippen MR) is 131 cm³/mol. The molecule has 2 heterocycles. The van der Waals surface area contributed by atoms with Gasteiger partial charge in [0.1, 0.15) is 17.2 Å². The fourth-order valence-corrected chi connectivity index (χ4v) is 4.79. The van der Waals surface area contributed by atoms with Crippen molar-refractivity contribution in [2.75, 3.05) is 13.1 Å². The van der Waals surface area contributed by atoms with Gasteiger partial charge in [-0.05, 0) is 59.5 Å². The number of fused-ring (bicyclic) bond motifs is 1. The normalized spacial score (nSPS) is 17.2. The quantitative estimate of drug-likeness (QED) is 0.296. The molecule has 0 amide bonds. The van der Waals surface area contributed by atoms with Crippen molar-refractivity contribution in [3.8, 4) is 22.3 Å². The molecule has 0 radical (unpaired) electrons. The molecule has 2 nitrogen and oxygen atoms in total. The number of nitrogens with zero attached hydrogens (tertiary/aromatic N) is 1. The van der Waals surface area contributed by atoms with E-state index in [1.807, 2.05) is 0 Å². The van der Waals surface area contributed by atoms with Crippen LogP contribution in [0.5, 0.6) is 0 Å². The van der Waals surface area contributed by atoms with E-state index < -0.39 is 5.92 Å². The first kappa shape index (κ1) is 22.7. The van der Waals surface area contributed by atoms with Crippen LogP contribution >= 0.6 is 0 Å². The van der Waals surface area contributed by atoms with E-state index in [4.69, 9.17) is 4.42 Å². The highest BCUT2D eigenvalue weighted by atomic mass is 19.3. The Bertz CT molecular complexity index is 1280. The number of piperidine rings is 1. The monoisotopic (exact) mass is 463 g/mol. The lowest BCUT2D eigenvalue weighted by Gasteiger charge is -2.36. The minimum Gasteiger partial charge on any atom is -0.460 e. The van der Waals surface area contributed by atoms with E-state index in [-0.39, 0.29) is 24.7 Å². The topological polar surface area (TPSA) is 16.4 Å². The lowest BCUT2D eigenvalue weighted by atomic mass is 9.95. The van der Waals surface area contributed by atoms with Crippen LogP contribution in [0.25, 0.3) is 33.2 Å². The van der Waals surface area contributed by atoms with Gasteiger partial charge in [0, 0.05) is 49.3 Å². The van der Waals surface area contributed by atoms with Crippen molar-refractivity contribution in [3.05, 3.63) is 83.9 Å². The van der Waals surface area contributed by atoms with Crippen LogP contribution in [-0.4, -0.2) is 23.9 Å². The van der Waals surface area contributed by atoms with Crippen LogP contribution in [0.1, 0.15) is 44.1 Å². The van der Waals surface area contributed by atoms with Gasteiger partial charge in [-0.15, -0.1) is 0 Å². The Morgan fingerprint density at radius 1 is 0.882 bits per heavy atom. The zero-order valence-electron chi connectivity index (χ0n) is 19.5. The Hall–Kier alpha value is -3.05. The number of alkyl halides is 2. The Morgan fingerprint density at radius 2 is 1.53 bits per heavy atom. The second kappa shape index (κ2) is 8.95. The molecule has 1 aliphatic heterocycles. The maximum Gasteiger partial charge on any atom is 0.250 e. The zero-order valence-corrected chi connectivity index (χ0v) is 19.5. The second-order valence-electron chi connectivity index (χ2n) is 9.21. The molecule has 3 aromatic carbocycles.